The van der Waals surface area contributed by atoms with Gasteiger partial charge in [-0.05, 0) is 21.4 Å². The second-order valence-corrected chi connectivity index (χ2v) is 11.2. The van der Waals surface area contributed by atoms with Crippen molar-refractivity contribution in [1.29, 1.82) is 0 Å². The molecule has 0 saturated carbocycles. The summed E-state index contributed by atoms with van der Waals surface area (Å²) in [6.07, 6.45) is 0. The quantitative estimate of drug-likeness (QED) is 0.440. The Morgan fingerprint density at radius 3 is 1.62 bits per heavy atom. The zero-order valence-electron chi connectivity index (χ0n) is 17.1. The molecule has 0 amide bonds. The van der Waals surface area contributed by atoms with Crippen LogP contribution in [0.5, 0.6) is 0 Å². The molecule has 1 N–H and O–H groups in total. The third kappa shape index (κ3) is 6.92. The standard InChI is InChI=1S/C23H33N2P/c1-22(2,3)17-24-21(25-18-23(4,5)6)26(19-13-9-7-10-14-19)20-15-11-8-12-16-20/h7-16H,17-18H2,1-6H3,(H,24,25). The minimum absolute atomic E-state index is 0.170. The minimum Gasteiger partial charge on any atom is -0.369 e. The van der Waals surface area contributed by atoms with Gasteiger partial charge >= 0.3 is 0 Å². The predicted molar refractivity (Wildman–Crippen MR) is 118 cm³/mol. The second kappa shape index (κ2) is 8.82. The molecule has 0 unspecified atom stereocenters. The Hall–Kier alpha value is -1.66. The normalized spacial score (nSPS) is 13.1. The molecule has 0 saturated heterocycles. The molecule has 0 radical (unpaired) electrons. The van der Waals surface area contributed by atoms with Crippen molar-refractivity contribution < 1.29 is 0 Å². The fourth-order valence-corrected chi connectivity index (χ4v) is 4.59. The molecule has 0 aliphatic carbocycles. The summed E-state index contributed by atoms with van der Waals surface area (Å²) in [5.74, 6) is 0. The van der Waals surface area contributed by atoms with E-state index in [2.05, 4.69) is 108 Å². The van der Waals surface area contributed by atoms with Gasteiger partial charge in [0.05, 0.1) is 0 Å². The molecule has 0 aliphatic heterocycles. The Balaban J connectivity index is 2.46. The Bertz CT molecular complexity index is 655. The van der Waals surface area contributed by atoms with Crippen LogP contribution in [-0.2, 0) is 0 Å². The molecule has 0 spiro atoms. The molecule has 2 rings (SSSR count). The zero-order chi connectivity index (χ0) is 19.2. The van der Waals surface area contributed by atoms with E-state index in [0.717, 1.165) is 18.7 Å². The maximum absolute atomic E-state index is 5.09. The highest BCUT2D eigenvalue weighted by Gasteiger charge is 2.23. The van der Waals surface area contributed by atoms with Crippen molar-refractivity contribution in [3.63, 3.8) is 0 Å². The van der Waals surface area contributed by atoms with Gasteiger partial charge in [0.2, 0.25) is 0 Å². The number of nitrogens with zero attached hydrogens (tertiary/aromatic N) is 1. The first-order valence-electron chi connectivity index (χ1n) is 9.34. The highest BCUT2D eigenvalue weighted by molar-refractivity contribution is 7.87. The number of rotatable bonds is 5. The van der Waals surface area contributed by atoms with Crippen molar-refractivity contribution in [1.82, 2.24) is 5.32 Å². The average Bonchev–Trinajstić information content (AvgIpc) is 2.57. The summed E-state index contributed by atoms with van der Waals surface area (Å²) in [6.45, 7) is 15.2. The Morgan fingerprint density at radius 1 is 0.769 bits per heavy atom. The highest BCUT2D eigenvalue weighted by Crippen LogP contribution is 2.35. The maximum Gasteiger partial charge on any atom is 0.128 e. The fourth-order valence-electron chi connectivity index (χ4n) is 2.41. The van der Waals surface area contributed by atoms with Gasteiger partial charge in [0, 0.05) is 21.0 Å². The van der Waals surface area contributed by atoms with Crippen LogP contribution in [0.15, 0.2) is 65.7 Å². The molecular weight excluding hydrogens is 335 g/mol. The van der Waals surface area contributed by atoms with Crippen molar-refractivity contribution in [2.45, 2.75) is 41.5 Å². The van der Waals surface area contributed by atoms with E-state index < -0.39 is 7.92 Å². The van der Waals surface area contributed by atoms with Crippen LogP contribution in [0.1, 0.15) is 41.5 Å². The van der Waals surface area contributed by atoms with Crippen molar-refractivity contribution in [2.75, 3.05) is 13.1 Å². The zero-order valence-corrected chi connectivity index (χ0v) is 18.0. The van der Waals surface area contributed by atoms with Crippen molar-refractivity contribution in [3.8, 4) is 0 Å². The first-order valence-corrected chi connectivity index (χ1v) is 10.7. The summed E-state index contributed by atoms with van der Waals surface area (Å²) in [7, 11) is -0.682. The SMILES string of the molecule is CC(C)(C)C/N=C(/NCC(C)(C)C)P(c1ccccc1)c1ccccc1. The highest BCUT2D eigenvalue weighted by atomic mass is 31.1. The van der Waals surface area contributed by atoms with E-state index in [1.54, 1.807) is 0 Å². The lowest BCUT2D eigenvalue weighted by Gasteiger charge is -2.27. The van der Waals surface area contributed by atoms with Gasteiger partial charge < -0.3 is 5.32 Å². The molecule has 2 aromatic carbocycles. The summed E-state index contributed by atoms with van der Waals surface area (Å²) < 4.78 is 0. The van der Waals surface area contributed by atoms with Gasteiger partial charge in [-0.2, -0.15) is 0 Å². The van der Waals surface area contributed by atoms with Gasteiger partial charge in [0.1, 0.15) is 5.58 Å². The van der Waals surface area contributed by atoms with Crippen LogP contribution in [0.4, 0.5) is 0 Å². The Kier molecular flexibility index (Phi) is 7.01. The lowest BCUT2D eigenvalue weighted by molar-refractivity contribution is 0.407. The smallest absolute Gasteiger partial charge is 0.128 e. The molecule has 2 nitrogen and oxygen atoms in total. The molecule has 0 aliphatic rings. The molecule has 0 heterocycles. The van der Waals surface area contributed by atoms with Crippen LogP contribution in [0.2, 0.25) is 0 Å². The van der Waals surface area contributed by atoms with Crippen molar-refractivity contribution in [3.05, 3.63) is 60.7 Å². The monoisotopic (exact) mass is 368 g/mol. The second-order valence-electron chi connectivity index (χ2n) is 9.12. The van der Waals surface area contributed by atoms with Crippen LogP contribution >= 0.6 is 7.92 Å². The van der Waals surface area contributed by atoms with E-state index in [1.807, 2.05) is 0 Å². The van der Waals surface area contributed by atoms with Crippen LogP contribution < -0.4 is 15.9 Å². The number of hydrogen-bond donors (Lipinski definition) is 1. The number of amidine groups is 1. The number of aliphatic imine (C=N–C) groups is 1. The molecule has 3 heteroatoms. The summed E-state index contributed by atoms with van der Waals surface area (Å²) >= 11 is 0. The lowest BCUT2D eigenvalue weighted by Crippen LogP contribution is -2.35. The van der Waals surface area contributed by atoms with E-state index in [-0.39, 0.29) is 10.8 Å². The average molecular weight is 369 g/mol. The van der Waals surface area contributed by atoms with Gasteiger partial charge in [-0.15, -0.1) is 0 Å². The van der Waals surface area contributed by atoms with Crippen LogP contribution in [-0.4, -0.2) is 18.7 Å². The molecule has 0 bridgehead atoms. The molecular formula is C23H33N2P. The summed E-state index contributed by atoms with van der Waals surface area (Å²) in [4.78, 5) is 5.09. The van der Waals surface area contributed by atoms with Gasteiger partial charge in [0.15, 0.2) is 0 Å². The van der Waals surface area contributed by atoms with E-state index in [1.165, 1.54) is 10.6 Å². The topological polar surface area (TPSA) is 24.4 Å². The lowest BCUT2D eigenvalue weighted by atomic mass is 9.97. The van der Waals surface area contributed by atoms with E-state index in [9.17, 15) is 0 Å². The summed E-state index contributed by atoms with van der Waals surface area (Å²) in [6, 6.07) is 21.6. The Morgan fingerprint density at radius 2 is 1.23 bits per heavy atom. The van der Waals surface area contributed by atoms with Crippen LogP contribution in [0, 0.1) is 10.8 Å². The summed E-state index contributed by atoms with van der Waals surface area (Å²) in [5.41, 5.74) is 1.50. The van der Waals surface area contributed by atoms with Crippen LogP contribution in [0.25, 0.3) is 0 Å². The summed E-state index contributed by atoms with van der Waals surface area (Å²) in [5, 5.41) is 6.38. The maximum atomic E-state index is 5.09. The van der Waals surface area contributed by atoms with Crippen molar-refractivity contribution in [2.24, 2.45) is 15.8 Å². The molecule has 26 heavy (non-hydrogen) atoms. The van der Waals surface area contributed by atoms with Gasteiger partial charge in [0.25, 0.3) is 0 Å². The third-order valence-corrected chi connectivity index (χ3v) is 6.07. The molecule has 0 fully saturated rings. The largest absolute Gasteiger partial charge is 0.369 e. The van der Waals surface area contributed by atoms with Crippen LogP contribution in [0.3, 0.4) is 0 Å². The minimum atomic E-state index is -0.682. The first-order chi connectivity index (χ1) is 12.2. The predicted octanol–water partition coefficient (Wildman–Crippen LogP) is 5.16. The van der Waals surface area contributed by atoms with Gasteiger partial charge in [-0.3, -0.25) is 4.99 Å². The van der Waals surface area contributed by atoms with E-state index in [0.29, 0.717) is 0 Å². The fraction of sp³-hybridized carbons (Fsp3) is 0.435. The van der Waals surface area contributed by atoms with E-state index in [4.69, 9.17) is 4.99 Å². The number of hydrogen-bond acceptors (Lipinski definition) is 1. The third-order valence-electron chi connectivity index (χ3n) is 3.72. The van der Waals surface area contributed by atoms with Gasteiger partial charge in [-0.1, -0.05) is 102 Å². The van der Waals surface area contributed by atoms with Crippen molar-refractivity contribution >= 4 is 24.1 Å². The van der Waals surface area contributed by atoms with Gasteiger partial charge in [-0.25, -0.2) is 0 Å². The first kappa shape index (κ1) is 20.6. The molecule has 0 atom stereocenters. The Labute approximate surface area is 160 Å². The molecule has 0 aromatic heterocycles. The number of nitrogens with one attached hydrogen (secondary N) is 1. The molecule has 2 aromatic rings. The molecule has 140 valence electrons. The number of benzene rings is 2. The van der Waals surface area contributed by atoms with E-state index >= 15 is 0 Å².